The summed E-state index contributed by atoms with van der Waals surface area (Å²) in [4.78, 5) is 0. The van der Waals surface area contributed by atoms with Crippen LogP contribution in [0.25, 0.3) is 0 Å². The van der Waals surface area contributed by atoms with Crippen LogP contribution in [0.15, 0.2) is 11.6 Å². The molecule has 1 aliphatic carbocycles. The van der Waals surface area contributed by atoms with Gasteiger partial charge in [-0.25, -0.2) is 0 Å². The monoisotopic (exact) mass is 96.1 g/mol. The predicted octanol–water partition coefficient (Wildman–Crippen LogP) is 2.36. The van der Waals surface area contributed by atoms with Gasteiger partial charge in [-0.3, -0.25) is 0 Å². The predicted molar refractivity (Wildman–Crippen MR) is 32.2 cm³/mol. The molecule has 0 aliphatic heterocycles. The van der Waals surface area contributed by atoms with Gasteiger partial charge in [-0.15, -0.1) is 0 Å². The van der Waals surface area contributed by atoms with Crippen LogP contribution < -0.4 is 0 Å². The van der Waals surface area contributed by atoms with Gasteiger partial charge in [-0.05, 0) is 25.7 Å². The third-order valence-corrected chi connectivity index (χ3v) is 1.54. The fraction of sp³-hybridized carbons (Fsp3) is 0.714. The highest BCUT2D eigenvalue weighted by Gasteiger charge is 2.06. The van der Waals surface area contributed by atoms with Gasteiger partial charge in [-0.1, -0.05) is 18.6 Å². The first-order valence-electron chi connectivity index (χ1n) is 2.94. The quantitative estimate of drug-likeness (QED) is 0.406. The maximum absolute atomic E-state index is 2.34. The molecule has 0 nitrogen and oxygen atoms in total. The molecular formula is C7H12. The van der Waals surface area contributed by atoms with Gasteiger partial charge in [0.05, 0.1) is 0 Å². The van der Waals surface area contributed by atoms with Crippen LogP contribution in [-0.2, 0) is 0 Å². The zero-order valence-electron chi connectivity index (χ0n) is 5.07. The molecule has 0 heteroatoms. The summed E-state index contributed by atoms with van der Waals surface area (Å²) in [5.41, 5.74) is 1.58. The Morgan fingerprint density at radius 3 is 2.57 bits per heavy atom. The van der Waals surface area contributed by atoms with Crippen molar-refractivity contribution in [1.29, 1.82) is 0 Å². The van der Waals surface area contributed by atoms with E-state index in [4.69, 9.17) is 0 Å². The minimum Gasteiger partial charge on any atom is -0.0853 e. The molecule has 1 aliphatic rings. The zero-order valence-corrected chi connectivity index (χ0v) is 5.07. The molecule has 1 atom stereocenters. The lowest BCUT2D eigenvalue weighted by Gasteiger charge is -1.95. The maximum atomic E-state index is 2.34. The first-order valence-corrected chi connectivity index (χ1v) is 2.94. The summed E-state index contributed by atoms with van der Waals surface area (Å²) in [5, 5.41) is 0. The molecule has 7 heavy (non-hydrogen) atoms. The van der Waals surface area contributed by atoms with E-state index in [1.807, 2.05) is 0 Å². The molecule has 1 rings (SSSR count). The summed E-state index contributed by atoms with van der Waals surface area (Å²) >= 11 is 0. The van der Waals surface area contributed by atoms with Crippen molar-refractivity contribution in [1.82, 2.24) is 0 Å². The van der Waals surface area contributed by atoms with Crippen LogP contribution >= 0.6 is 0 Å². The number of allylic oxidation sites excluding steroid dienone is 2. The lowest BCUT2D eigenvalue weighted by molar-refractivity contribution is 0.628. The first-order chi connectivity index (χ1) is 3.29. The van der Waals surface area contributed by atoms with E-state index in [0.29, 0.717) is 0 Å². The molecule has 0 heterocycles. The minimum atomic E-state index is 0.931. The molecule has 1 unspecified atom stereocenters. The second kappa shape index (κ2) is 1.69. The molecule has 0 saturated heterocycles. The fourth-order valence-corrected chi connectivity index (χ4v) is 1.12. The third kappa shape index (κ3) is 1.05. The molecular weight excluding hydrogens is 84.1 g/mol. The average molecular weight is 96.2 g/mol. The van der Waals surface area contributed by atoms with Crippen molar-refractivity contribution in [3.8, 4) is 0 Å². The normalized spacial score (nSPS) is 30.6. The van der Waals surface area contributed by atoms with Gasteiger partial charge in [-0.2, -0.15) is 0 Å². The van der Waals surface area contributed by atoms with Crippen molar-refractivity contribution >= 4 is 0 Å². The van der Waals surface area contributed by atoms with Crippen molar-refractivity contribution in [3.63, 3.8) is 0 Å². The summed E-state index contributed by atoms with van der Waals surface area (Å²) in [6.07, 6.45) is 4.98. The Bertz CT molecular complexity index is 90.2. The average Bonchev–Trinajstić information content (AvgIpc) is 1.87. The van der Waals surface area contributed by atoms with Crippen molar-refractivity contribution in [2.75, 3.05) is 0 Å². The molecule has 0 saturated carbocycles. The molecule has 0 bridgehead atoms. The van der Waals surface area contributed by atoms with Crippen LogP contribution in [0.5, 0.6) is 0 Å². The summed E-state index contributed by atoms with van der Waals surface area (Å²) in [6.45, 7) is 4.51. The highest BCUT2D eigenvalue weighted by molar-refractivity contribution is 5.05. The Balaban J connectivity index is 2.42. The Morgan fingerprint density at radius 1 is 1.71 bits per heavy atom. The summed E-state index contributed by atoms with van der Waals surface area (Å²) in [5.74, 6) is 0.931. The Morgan fingerprint density at radius 2 is 2.43 bits per heavy atom. The molecule has 0 aromatic carbocycles. The van der Waals surface area contributed by atoms with Crippen molar-refractivity contribution < 1.29 is 0 Å². The molecule has 0 N–H and O–H groups in total. The van der Waals surface area contributed by atoms with Gasteiger partial charge in [0, 0.05) is 0 Å². The van der Waals surface area contributed by atoms with E-state index in [1.54, 1.807) is 5.57 Å². The van der Waals surface area contributed by atoms with E-state index in [1.165, 1.54) is 12.8 Å². The van der Waals surface area contributed by atoms with E-state index < -0.39 is 0 Å². The number of hydrogen-bond acceptors (Lipinski definition) is 0. The smallest absolute Gasteiger partial charge is 0.0294 e. The van der Waals surface area contributed by atoms with E-state index in [0.717, 1.165) is 5.92 Å². The van der Waals surface area contributed by atoms with Gasteiger partial charge in [0.25, 0.3) is 0 Å². The van der Waals surface area contributed by atoms with Gasteiger partial charge >= 0.3 is 0 Å². The Kier molecular flexibility index (Phi) is 1.18. The highest BCUT2D eigenvalue weighted by atomic mass is 14.1. The second-order valence-electron chi connectivity index (χ2n) is 2.60. The third-order valence-electron chi connectivity index (χ3n) is 1.54. The number of hydrogen-bond donors (Lipinski definition) is 0. The zero-order chi connectivity index (χ0) is 5.28. The van der Waals surface area contributed by atoms with Crippen molar-refractivity contribution in [2.45, 2.75) is 26.7 Å². The van der Waals surface area contributed by atoms with E-state index >= 15 is 0 Å². The standard InChI is InChI=1S/C7H12/c1-6-3-4-7(2)5-6/h3,7H,4-5H2,1-2H3. The molecule has 0 spiro atoms. The van der Waals surface area contributed by atoms with Crippen LogP contribution in [-0.4, -0.2) is 0 Å². The lowest BCUT2D eigenvalue weighted by Crippen LogP contribution is -1.82. The van der Waals surface area contributed by atoms with E-state index in [9.17, 15) is 0 Å². The highest BCUT2D eigenvalue weighted by Crippen LogP contribution is 2.22. The fourth-order valence-electron chi connectivity index (χ4n) is 1.12. The number of rotatable bonds is 0. The summed E-state index contributed by atoms with van der Waals surface area (Å²) in [7, 11) is 0. The molecule has 0 radical (unpaired) electrons. The Labute approximate surface area is 45.2 Å². The van der Waals surface area contributed by atoms with Crippen LogP contribution in [0.3, 0.4) is 0 Å². The summed E-state index contributed by atoms with van der Waals surface area (Å²) in [6, 6.07) is 0. The minimum absolute atomic E-state index is 0.931. The molecule has 0 amide bonds. The van der Waals surface area contributed by atoms with Crippen LogP contribution in [0.4, 0.5) is 0 Å². The molecule has 0 aromatic heterocycles. The molecule has 0 fully saturated rings. The van der Waals surface area contributed by atoms with Crippen molar-refractivity contribution in [2.24, 2.45) is 5.92 Å². The molecule has 40 valence electrons. The lowest BCUT2D eigenvalue weighted by atomic mass is 10.1. The van der Waals surface area contributed by atoms with Gasteiger partial charge in [0.15, 0.2) is 0 Å². The molecule has 0 aromatic rings. The Hall–Kier alpha value is -0.260. The van der Waals surface area contributed by atoms with E-state index in [2.05, 4.69) is 19.9 Å². The van der Waals surface area contributed by atoms with Crippen LogP contribution in [0.1, 0.15) is 26.7 Å². The topological polar surface area (TPSA) is 0 Å². The van der Waals surface area contributed by atoms with Gasteiger partial charge in [0.1, 0.15) is 0 Å². The van der Waals surface area contributed by atoms with Crippen molar-refractivity contribution in [3.05, 3.63) is 11.6 Å². The van der Waals surface area contributed by atoms with Gasteiger partial charge < -0.3 is 0 Å². The largest absolute Gasteiger partial charge is 0.0853 e. The SMILES string of the molecule is CC1=CCC(C)C1. The van der Waals surface area contributed by atoms with E-state index in [-0.39, 0.29) is 0 Å². The van der Waals surface area contributed by atoms with Gasteiger partial charge in [0.2, 0.25) is 0 Å². The van der Waals surface area contributed by atoms with Crippen LogP contribution in [0, 0.1) is 5.92 Å². The maximum Gasteiger partial charge on any atom is -0.0294 e. The second-order valence-corrected chi connectivity index (χ2v) is 2.60. The first kappa shape index (κ1) is 4.89. The summed E-state index contributed by atoms with van der Waals surface area (Å²) < 4.78 is 0. The van der Waals surface area contributed by atoms with Crippen LogP contribution in [0.2, 0.25) is 0 Å².